The van der Waals surface area contributed by atoms with Crippen molar-refractivity contribution in [3.8, 4) is 6.07 Å². The molecule has 0 aromatic heterocycles. The highest BCUT2D eigenvalue weighted by molar-refractivity contribution is 5.76. The molecule has 0 bridgehead atoms. The fraction of sp³-hybridized carbons (Fsp3) is 0.429. The molecule has 1 atom stereocenters. The van der Waals surface area contributed by atoms with E-state index in [0.29, 0.717) is 30.6 Å². The van der Waals surface area contributed by atoms with E-state index in [0.717, 1.165) is 6.42 Å². The zero-order valence-corrected chi connectivity index (χ0v) is 10.8. The van der Waals surface area contributed by atoms with Crippen LogP contribution in [0.1, 0.15) is 24.0 Å². The molecule has 100 valence electrons. The summed E-state index contributed by atoms with van der Waals surface area (Å²) in [7, 11) is 1.78. The molecule has 1 aromatic rings. The van der Waals surface area contributed by atoms with E-state index in [-0.39, 0.29) is 17.8 Å². The number of amides is 1. The Labute approximate surface area is 111 Å². The van der Waals surface area contributed by atoms with Gasteiger partial charge < -0.3 is 10.2 Å². The molecule has 1 amide bonds. The fourth-order valence-corrected chi connectivity index (χ4v) is 2.25. The number of benzene rings is 1. The smallest absolute Gasteiger partial charge is 0.222 e. The molecule has 19 heavy (non-hydrogen) atoms. The lowest BCUT2D eigenvalue weighted by Crippen LogP contribution is -2.46. The summed E-state index contributed by atoms with van der Waals surface area (Å²) in [6, 6.07) is 6.40. The van der Waals surface area contributed by atoms with E-state index in [1.54, 1.807) is 11.9 Å². The van der Waals surface area contributed by atoms with Gasteiger partial charge in [0.05, 0.1) is 11.6 Å². The number of piperidine rings is 1. The van der Waals surface area contributed by atoms with Crippen molar-refractivity contribution < 1.29 is 9.18 Å². The summed E-state index contributed by atoms with van der Waals surface area (Å²) in [5.74, 6) is -0.187. The Morgan fingerprint density at radius 2 is 2.37 bits per heavy atom. The van der Waals surface area contributed by atoms with Gasteiger partial charge >= 0.3 is 0 Å². The number of hydrogen-bond donors (Lipinski definition) is 1. The second-order valence-corrected chi connectivity index (χ2v) is 4.80. The first kappa shape index (κ1) is 13.5. The monoisotopic (exact) mass is 261 g/mol. The molecule has 1 aliphatic rings. The van der Waals surface area contributed by atoms with Crippen molar-refractivity contribution in [3.05, 3.63) is 35.1 Å². The van der Waals surface area contributed by atoms with Crippen LogP contribution in [0, 0.1) is 17.1 Å². The van der Waals surface area contributed by atoms with Crippen LogP contribution in [-0.2, 0) is 11.3 Å². The topological polar surface area (TPSA) is 56.1 Å². The van der Waals surface area contributed by atoms with Gasteiger partial charge in [0.15, 0.2) is 0 Å². The molecule has 1 N–H and O–H groups in total. The first-order valence-electron chi connectivity index (χ1n) is 6.26. The lowest BCUT2D eigenvalue weighted by molar-refractivity contribution is -0.132. The highest BCUT2D eigenvalue weighted by Gasteiger charge is 2.22. The zero-order valence-electron chi connectivity index (χ0n) is 10.8. The van der Waals surface area contributed by atoms with Gasteiger partial charge in [-0.15, -0.1) is 0 Å². The van der Waals surface area contributed by atoms with Crippen LogP contribution >= 0.6 is 0 Å². The average molecular weight is 261 g/mol. The van der Waals surface area contributed by atoms with E-state index in [2.05, 4.69) is 11.4 Å². The Morgan fingerprint density at radius 3 is 3.05 bits per heavy atom. The Balaban J connectivity index is 1.98. The van der Waals surface area contributed by atoms with Gasteiger partial charge in [-0.3, -0.25) is 4.79 Å². The summed E-state index contributed by atoms with van der Waals surface area (Å²) in [6.45, 7) is 1.09. The molecule has 1 saturated heterocycles. The second-order valence-electron chi connectivity index (χ2n) is 4.80. The van der Waals surface area contributed by atoms with Crippen molar-refractivity contribution in [1.29, 1.82) is 5.26 Å². The van der Waals surface area contributed by atoms with Gasteiger partial charge in [-0.2, -0.15) is 5.26 Å². The van der Waals surface area contributed by atoms with Crippen LogP contribution in [0.4, 0.5) is 4.39 Å². The molecule has 0 spiro atoms. The lowest BCUT2D eigenvalue weighted by atomic mass is 10.0. The molecule has 1 aliphatic heterocycles. The van der Waals surface area contributed by atoms with Gasteiger partial charge in [0, 0.05) is 32.6 Å². The maximum Gasteiger partial charge on any atom is 0.222 e. The molecule has 1 aromatic carbocycles. The van der Waals surface area contributed by atoms with Gasteiger partial charge in [0.2, 0.25) is 5.91 Å². The summed E-state index contributed by atoms with van der Waals surface area (Å²) >= 11 is 0. The average Bonchev–Trinajstić information content (AvgIpc) is 2.40. The summed E-state index contributed by atoms with van der Waals surface area (Å²) in [5, 5.41) is 12.2. The highest BCUT2D eigenvalue weighted by atomic mass is 19.1. The summed E-state index contributed by atoms with van der Waals surface area (Å²) in [6.07, 6.45) is 1.31. The number of rotatable bonds is 3. The molecule has 1 heterocycles. The van der Waals surface area contributed by atoms with Crippen molar-refractivity contribution in [3.63, 3.8) is 0 Å². The van der Waals surface area contributed by atoms with Crippen LogP contribution in [0.25, 0.3) is 0 Å². The molecule has 1 unspecified atom stereocenters. The molecule has 0 aliphatic carbocycles. The quantitative estimate of drug-likeness (QED) is 0.895. The van der Waals surface area contributed by atoms with Gasteiger partial charge in [-0.05, 0) is 30.2 Å². The minimum atomic E-state index is -0.341. The number of nitriles is 1. The SMILES string of the molecule is CN1CC(NCc2cc(F)ccc2C#N)CCC1=O. The van der Waals surface area contributed by atoms with Crippen molar-refractivity contribution in [2.75, 3.05) is 13.6 Å². The summed E-state index contributed by atoms with van der Waals surface area (Å²) in [4.78, 5) is 13.1. The van der Waals surface area contributed by atoms with Crippen molar-refractivity contribution in [1.82, 2.24) is 10.2 Å². The number of nitrogens with zero attached hydrogens (tertiary/aromatic N) is 2. The Hall–Kier alpha value is -1.93. The third-order valence-electron chi connectivity index (χ3n) is 3.40. The third kappa shape index (κ3) is 3.30. The number of hydrogen-bond acceptors (Lipinski definition) is 3. The van der Waals surface area contributed by atoms with E-state index in [1.807, 2.05) is 0 Å². The van der Waals surface area contributed by atoms with Crippen molar-refractivity contribution in [2.45, 2.75) is 25.4 Å². The van der Waals surface area contributed by atoms with Gasteiger partial charge in [-0.25, -0.2) is 4.39 Å². The van der Waals surface area contributed by atoms with Crippen LogP contribution < -0.4 is 5.32 Å². The molecular formula is C14H16FN3O. The van der Waals surface area contributed by atoms with Crippen molar-refractivity contribution >= 4 is 5.91 Å². The first-order valence-corrected chi connectivity index (χ1v) is 6.26. The van der Waals surface area contributed by atoms with Gasteiger partial charge in [0.25, 0.3) is 0 Å². The van der Waals surface area contributed by atoms with Crippen LogP contribution in [0.15, 0.2) is 18.2 Å². The summed E-state index contributed by atoms with van der Waals surface area (Å²) < 4.78 is 13.2. The molecule has 2 rings (SSSR count). The van der Waals surface area contributed by atoms with Crippen LogP contribution in [0.5, 0.6) is 0 Å². The number of likely N-dealkylation sites (N-methyl/N-ethyl adjacent to an activating group) is 1. The van der Waals surface area contributed by atoms with Crippen LogP contribution in [0.3, 0.4) is 0 Å². The minimum absolute atomic E-state index is 0.154. The second kappa shape index (κ2) is 5.81. The molecule has 4 nitrogen and oxygen atoms in total. The Bertz CT molecular complexity index is 524. The Morgan fingerprint density at radius 1 is 1.58 bits per heavy atom. The number of carbonyl (C=O) groups is 1. The number of nitrogens with one attached hydrogen (secondary N) is 1. The van der Waals surface area contributed by atoms with Gasteiger partial charge in [-0.1, -0.05) is 0 Å². The zero-order chi connectivity index (χ0) is 13.8. The summed E-state index contributed by atoms with van der Waals surface area (Å²) in [5.41, 5.74) is 1.14. The largest absolute Gasteiger partial charge is 0.344 e. The third-order valence-corrected chi connectivity index (χ3v) is 3.40. The van der Waals surface area contributed by atoms with Crippen molar-refractivity contribution in [2.24, 2.45) is 0 Å². The van der Waals surface area contributed by atoms with E-state index in [4.69, 9.17) is 5.26 Å². The minimum Gasteiger partial charge on any atom is -0.344 e. The Kier molecular flexibility index (Phi) is 4.13. The molecule has 0 radical (unpaired) electrons. The number of carbonyl (C=O) groups excluding carboxylic acids is 1. The molecule has 1 fully saturated rings. The predicted molar refractivity (Wildman–Crippen MR) is 68.6 cm³/mol. The predicted octanol–water partition coefficient (Wildman–Crippen LogP) is 1.41. The fourth-order valence-electron chi connectivity index (χ4n) is 2.25. The van der Waals surface area contributed by atoms with E-state index in [9.17, 15) is 9.18 Å². The first-order chi connectivity index (χ1) is 9.10. The molecule has 0 saturated carbocycles. The van der Waals surface area contributed by atoms with E-state index < -0.39 is 0 Å². The van der Waals surface area contributed by atoms with Crippen LogP contribution in [-0.4, -0.2) is 30.4 Å². The lowest BCUT2D eigenvalue weighted by Gasteiger charge is -2.30. The molecule has 5 heteroatoms. The number of halogens is 1. The normalized spacial score (nSPS) is 19.3. The maximum absolute atomic E-state index is 13.2. The molecular weight excluding hydrogens is 245 g/mol. The maximum atomic E-state index is 13.2. The van der Waals surface area contributed by atoms with Gasteiger partial charge in [0.1, 0.15) is 5.82 Å². The standard InChI is InChI=1S/C14H16FN3O/c1-18-9-13(4-5-14(18)19)17-8-11-6-12(15)3-2-10(11)7-16/h2-3,6,13,17H,4-5,8-9H2,1H3. The van der Waals surface area contributed by atoms with E-state index in [1.165, 1.54) is 18.2 Å². The number of likely N-dealkylation sites (tertiary alicyclic amines) is 1. The highest BCUT2D eigenvalue weighted by Crippen LogP contribution is 2.13. The van der Waals surface area contributed by atoms with E-state index >= 15 is 0 Å². The van der Waals surface area contributed by atoms with Crippen LogP contribution in [0.2, 0.25) is 0 Å².